The van der Waals surface area contributed by atoms with E-state index in [2.05, 4.69) is 10.3 Å². The monoisotopic (exact) mass is 389 g/mol. The van der Waals surface area contributed by atoms with Crippen molar-refractivity contribution >= 4 is 40.0 Å². The first kappa shape index (κ1) is 17.8. The molecule has 124 valence electrons. The van der Waals surface area contributed by atoms with Crippen LogP contribution >= 0.6 is 34.8 Å². The Balaban J connectivity index is 2.74. The van der Waals surface area contributed by atoms with Crippen LogP contribution in [-0.4, -0.2) is 20.2 Å². The molecule has 0 atom stereocenters. The van der Waals surface area contributed by atoms with Gasteiger partial charge in [0.15, 0.2) is 10.9 Å². The standard InChI is InChI=1S/C12H6Cl3F4N3O/c1-22-10(12(17,18)19)8(14)9(20-22)5-2-4(11(15)21-23)6(13)3-7(5)16/h2-3,23H,1H3/b21-11+. The van der Waals surface area contributed by atoms with Crippen LogP contribution in [-0.2, 0) is 13.2 Å². The third kappa shape index (κ3) is 3.24. The molecule has 1 aromatic carbocycles. The lowest BCUT2D eigenvalue weighted by Crippen LogP contribution is -2.12. The lowest BCUT2D eigenvalue weighted by atomic mass is 10.1. The molecule has 0 saturated carbocycles. The van der Waals surface area contributed by atoms with E-state index in [0.717, 1.165) is 19.2 Å². The molecule has 11 heteroatoms. The second kappa shape index (κ2) is 6.18. The summed E-state index contributed by atoms with van der Waals surface area (Å²) in [7, 11) is 1.02. The average Bonchev–Trinajstić information content (AvgIpc) is 2.72. The van der Waals surface area contributed by atoms with E-state index >= 15 is 0 Å². The van der Waals surface area contributed by atoms with Gasteiger partial charge in [0.25, 0.3) is 0 Å². The second-order valence-corrected chi connectivity index (χ2v) is 5.48. The number of rotatable bonds is 2. The zero-order chi connectivity index (χ0) is 17.5. The number of hydrogen-bond acceptors (Lipinski definition) is 3. The van der Waals surface area contributed by atoms with Crippen molar-refractivity contribution in [3.8, 4) is 11.3 Å². The molecular formula is C12H6Cl3F4N3O. The van der Waals surface area contributed by atoms with Crippen LogP contribution in [0.4, 0.5) is 17.6 Å². The van der Waals surface area contributed by atoms with Crippen LogP contribution in [0, 0.1) is 5.82 Å². The average molecular weight is 391 g/mol. The molecule has 0 aliphatic carbocycles. The lowest BCUT2D eigenvalue weighted by molar-refractivity contribution is -0.143. The van der Waals surface area contributed by atoms with Crippen LogP contribution in [0.5, 0.6) is 0 Å². The fraction of sp³-hybridized carbons (Fsp3) is 0.167. The minimum atomic E-state index is -4.77. The van der Waals surface area contributed by atoms with Crippen molar-refractivity contribution in [2.45, 2.75) is 6.18 Å². The third-order valence-corrected chi connectivity index (χ3v) is 3.83. The highest BCUT2D eigenvalue weighted by Crippen LogP contribution is 2.41. The van der Waals surface area contributed by atoms with Gasteiger partial charge in [-0.2, -0.15) is 18.3 Å². The van der Waals surface area contributed by atoms with Crippen molar-refractivity contribution in [1.82, 2.24) is 9.78 Å². The topological polar surface area (TPSA) is 50.4 Å². The first-order valence-electron chi connectivity index (χ1n) is 5.75. The summed E-state index contributed by atoms with van der Waals surface area (Å²) in [4.78, 5) is 0. The molecule has 1 heterocycles. The first-order valence-corrected chi connectivity index (χ1v) is 6.88. The summed E-state index contributed by atoms with van der Waals surface area (Å²) in [5, 5.41) is 13.5. The number of alkyl halides is 3. The Hall–Kier alpha value is -1.51. The number of oxime groups is 1. The Bertz CT molecular complexity index is 802. The molecule has 0 saturated heterocycles. The molecule has 23 heavy (non-hydrogen) atoms. The van der Waals surface area contributed by atoms with E-state index < -0.39 is 33.6 Å². The van der Waals surface area contributed by atoms with Crippen molar-refractivity contribution in [2.75, 3.05) is 0 Å². The van der Waals surface area contributed by atoms with Crippen LogP contribution in [0.2, 0.25) is 10.0 Å². The molecule has 0 spiro atoms. The molecule has 2 aromatic rings. The van der Waals surface area contributed by atoms with Crippen molar-refractivity contribution in [3.05, 3.63) is 39.3 Å². The van der Waals surface area contributed by atoms with Crippen molar-refractivity contribution in [3.63, 3.8) is 0 Å². The van der Waals surface area contributed by atoms with Crippen LogP contribution in [0.1, 0.15) is 11.3 Å². The molecule has 0 bridgehead atoms. The van der Waals surface area contributed by atoms with Gasteiger partial charge in [0.05, 0.1) is 10.0 Å². The van der Waals surface area contributed by atoms with Gasteiger partial charge in [-0.25, -0.2) is 4.39 Å². The first-order chi connectivity index (χ1) is 10.6. The SMILES string of the molecule is Cn1nc(-c2cc(/C(Cl)=N\O)c(Cl)cc2F)c(Cl)c1C(F)(F)F. The molecule has 0 aliphatic heterocycles. The maximum atomic E-state index is 14.1. The molecular weight excluding hydrogens is 385 g/mol. The molecule has 0 radical (unpaired) electrons. The fourth-order valence-corrected chi connectivity index (χ4v) is 2.73. The van der Waals surface area contributed by atoms with Crippen LogP contribution < -0.4 is 0 Å². The number of aromatic nitrogens is 2. The minimum absolute atomic E-state index is 0.0949. The summed E-state index contributed by atoms with van der Waals surface area (Å²) >= 11 is 17.1. The maximum Gasteiger partial charge on any atom is 0.434 e. The summed E-state index contributed by atoms with van der Waals surface area (Å²) in [5.74, 6) is -0.963. The van der Waals surface area contributed by atoms with Crippen molar-refractivity contribution in [2.24, 2.45) is 12.2 Å². The maximum absolute atomic E-state index is 14.1. The Morgan fingerprint density at radius 1 is 1.30 bits per heavy atom. The number of hydrogen-bond donors (Lipinski definition) is 1. The fourth-order valence-electron chi connectivity index (χ4n) is 1.92. The van der Waals surface area contributed by atoms with E-state index in [4.69, 9.17) is 40.0 Å². The van der Waals surface area contributed by atoms with Gasteiger partial charge < -0.3 is 5.21 Å². The van der Waals surface area contributed by atoms with Crippen molar-refractivity contribution in [1.29, 1.82) is 0 Å². The molecule has 4 nitrogen and oxygen atoms in total. The summed E-state index contributed by atoms with van der Waals surface area (Å²) in [6.45, 7) is 0. The van der Waals surface area contributed by atoms with Gasteiger partial charge in [-0.3, -0.25) is 4.68 Å². The summed E-state index contributed by atoms with van der Waals surface area (Å²) in [5.41, 5.74) is -2.14. The second-order valence-electron chi connectivity index (χ2n) is 4.34. The number of nitrogens with zero attached hydrogens (tertiary/aromatic N) is 3. The molecule has 0 fully saturated rings. The lowest BCUT2D eigenvalue weighted by Gasteiger charge is -2.07. The predicted octanol–water partition coefficient (Wildman–Crippen LogP) is 4.93. The van der Waals surface area contributed by atoms with Gasteiger partial charge in [0.1, 0.15) is 11.5 Å². The third-order valence-electron chi connectivity index (χ3n) is 2.88. The predicted molar refractivity (Wildman–Crippen MR) is 77.8 cm³/mol. The Morgan fingerprint density at radius 3 is 2.39 bits per heavy atom. The van der Waals surface area contributed by atoms with Crippen LogP contribution in [0.3, 0.4) is 0 Å². The highest BCUT2D eigenvalue weighted by Gasteiger charge is 2.39. The smallest absolute Gasteiger partial charge is 0.410 e. The molecule has 2 rings (SSSR count). The zero-order valence-electron chi connectivity index (χ0n) is 11.1. The van der Waals surface area contributed by atoms with E-state index in [0.29, 0.717) is 4.68 Å². The van der Waals surface area contributed by atoms with Gasteiger partial charge in [-0.15, -0.1) is 0 Å². The van der Waals surface area contributed by atoms with Gasteiger partial charge in [0.2, 0.25) is 0 Å². The quantitative estimate of drug-likeness (QED) is 0.342. The Morgan fingerprint density at radius 2 is 1.91 bits per heavy atom. The molecule has 0 amide bonds. The van der Waals surface area contributed by atoms with E-state index in [9.17, 15) is 17.6 Å². The van der Waals surface area contributed by atoms with Crippen LogP contribution in [0.25, 0.3) is 11.3 Å². The summed E-state index contributed by atoms with van der Waals surface area (Å²) in [6.07, 6.45) is -4.77. The normalized spacial score (nSPS) is 12.8. The molecule has 0 aliphatic rings. The van der Waals surface area contributed by atoms with E-state index in [1.54, 1.807) is 0 Å². The number of halogens is 7. The van der Waals surface area contributed by atoms with E-state index in [-0.39, 0.29) is 16.1 Å². The Kier molecular flexibility index (Phi) is 4.79. The summed E-state index contributed by atoms with van der Waals surface area (Å²) < 4.78 is 53.4. The molecule has 1 N–H and O–H groups in total. The minimum Gasteiger partial charge on any atom is -0.410 e. The van der Waals surface area contributed by atoms with Crippen LogP contribution in [0.15, 0.2) is 17.3 Å². The largest absolute Gasteiger partial charge is 0.434 e. The highest BCUT2D eigenvalue weighted by atomic mass is 35.5. The van der Waals surface area contributed by atoms with Gasteiger partial charge in [-0.05, 0) is 12.1 Å². The number of aryl methyl sites for hydroxylation is 1. The molecule has 0 unspecified atom stereocenters. The zero-order valence-corrected chi connectivity index (χ0v) is 13.4. The Labute approximate surface area is 141 Å². The van der Waals surface area contributed by atoms with Crippen molar-refractivity contribution < 1.29 is 22.8 Å². The molecule has 1 aromatic heterocycles. The summed E-state index contributed by atoms with van der Waals surface area (Å²) in [6, 6.07) is 1.80. The van der Waals surface area contributed by atoms with E-state index in [1.165, 1.54) is 0 Å². The highest BCUT2D eigenvalue weighted by molar-refractivity contribution is 6.70. The van der Waals surface area contributed by atoms with Gasteiger partial charge in [-0.1, -0.05) is 40.0 Å². The van der Waals surface area contributed by atoms with Gasteiger partial charge in [0, 0.05) is 18.2 Å². The van der Waals surface area contributed by atoms with E-state index in [1.807, 2.05) is 0 Å². The number of benzene rings is 1. The van der Waals surface area contributed by atoms with Gasteiger partial charge >= 0.3 is 6.18 Å².